The van der Waals surface area contributed by atoms with Crippen molar-refractivity contribution in [2.75, 3.05) is 32.7 Å². The first-order valence-corrected chi connectivity index (χ1v) is 6.88. The van der Waals surface area contributed by atoms with E-state index in [0.29, 0.717) is 5.78 Å². The Kier molecular flexibility index (Phi) is 3.48. The highest BCUT2D eigenvalue weighted by Crippen LogP contribution is 2.28. The summed E-state index contributed by atoms with van der Waals surface area (Å²) in [6.07, 6.45) is 4.50. The van der Waals surface area contributed by atoms with Crippen LogP contribution < -0.4 is 5.32 Å². The molecule has 0 radical (unpaired) electrons. The van der Waals surface area contributed by atoms with Gasteiger partial charge >= 0.3 is 0 Å². The molecule has 1 aliphatic carbocycles. The Hall–Kier alpha value is -1.13. The van der Waals surface area contributed by atoms with Crippen molar-refractivity contribution < 1.29 is 9.21 Å². The van der Waals surface area contributed by atoms with E-state index in [1.54, 1.807) is 6.26 Å². The third kappa shape index (κ3) is 2.35. The summed E-state index contributed by atoms with van der Waals surface area (Å²) in [5, 5.41) is 3.35. The lowest BCUT2D eigenvalue weighted by atomic mass is 9.84. The Balaban J connectivity index is 1.56. The van der Waals surface area contributed by atoms with E-state index in [4.69, 9.17) is 4.42 Å². The SMILES string of the molecule is O=C1c2ccoc2CCC1CCN1CCNCC1. The van der Waals surface area contributed by atoms with Crippen LogP contribution >= 0.6 is 0 Å². The maximum Gasteiger partial charge on any atom is 0.169 e. The average molecular weight is 248 g/mol. The average Bonchev–Trinajstić information content (AvgIpc) is 2.88. The standard InChI is InChI=1S/C14H20N2O2/c17-14-11(1-2-13-12(14)4-10-18-13)3-7-16-8-5-15-6-9-16/h4,10-11,15H,1-3,5-9H2. The van der Waals surface area contributed by atoms with E-state index in [1.165, 1.54) is 0 Å². The number of hydrogen-bond donors (Lipinski definition) is 1. The van der Waals surface area contributed by atoms with Gasteiger partial charge in [-0.15, -0.1) is 0 Å². The van der Waals surface area contributed by atoms with Gasteiger partial charge in [-0.25, -0.2) is 0 Å². The Morgan fingerprint density at radius 3 is 3.06 bits per heavy atom. The molecule has 4 heteroatoms. The number of Topliss-reactive ketones (excluding diaryl/α,β-unsaturated/α-hetero) is 1. The number of fused-ring (bicyclic) bond motifs is 1. The largest absolute Gasteiger partial charge is 0.469 e. The summed E-state index contributed by atoms with van der Waals surface area (Å²) < 4.78 is 5.33. The third-order valence-electron chi connectivity index (χ3n) is 4.10. The zero-order chi connectivity index (χ0) is 12.4. The molecule has 1 aliphatic heterocycles. The quantitative estimate of drug-likeness (QED) is 0.876. The van der Waals surface area contributed by atoms with E-state index < -0.39 is 0 Å². The number of furan rings is 1. The lowest BCUT2D eigenvalue weighted by Gasteiger charge is -2.29. The lowest BCUT2D eigenvalue weighted by molar-refractivity contribution is 0.0875. The van der Waals surface area contributed by atoms with Gasteiger partial charge in [-0.2, -0.15) is 0 Å². The van der Waals surface area contributed by atoms with Crippen molar-refractivity contribution in [3.63, 3.8) is 0 Å². The predicted octanol–water partition coefficient (Wildman–Crippen LogP) is 1.32. The van der Waals surface area contributed by atoms with Gasteiger partial charge in [-0.1, -0.05) is 0 Å². The van der Waals surface area contributed by atoms with Crippen molar-refractivity contribution in [3.05, 3.63) is 23.7 Å². The number of ketones is 1. The van der Waals surface area contributed by atoms with Crippen LogP contribution in [0.2, 0.25) is 0 Å². The zero-order valence-electron chi connectivity index (χ0n) is 10.7. The molecule has 1 fully saturated rings. The van der Waals surface area contributed by atoms with Gasteiger partial charge in [0.1, 0.15) is 5.76 Å². The van der Waals surface area contributed by atoms with E-state index in [9.17, 15) is 4.79 Å². The van der Waals surface area contributed by atoms with Gasteiger partial charge in [0.25, 0.3) is 0 Å². The summed E-state index contributed by atoms with van der Waals surface area (Å²) in [6.45, 7) is 5.41. The minimum atomic E-state index is 0.199. The molecule has 1 aromatic rings. The molecule has 1 aromatic heterocycles. The second kappa shape index (κ2) is 5.24. The molecular weight excluding hydrogens is 228 g/mol. The number of hydrogen-bond acceptors (Lipinski definition) is 4. The molecule has 18 heavy (non-hydrogen) atoms. The number of carbonyl (C=O) groups is 1. The summed E-state index contributed by atoms with van der Waals surface area (Å²) >= 11 is 0. The summed E-state index contributed by atoms with van der Waals surface area (Å²) in [6, 6.07) is 1.83. The molecular formula is C14H20N2O2. The van der Waals surface area contributed by atoms with E-state index in [1.807, 2.05) is 6.07 Å². The van der Waals surface area contributed by atoms with Crippen LogP contribution in [0.1, 0.15) is 29.0 Å². The lowest BCUT2D eigenvalue weighted by Crippen LogP contribution is -2.44. The first-order chi connectivity index (χ1) is 8.84. The van der Waals surface area contributed by atoms with Crippen molar-refractivity contribution in [2.45, 2.75) is 19.3 Å². The molecule has 0 bridgehead atoms. The normalized spacial score (nSPS) is 25.1. The Bertz CT molecular complexity index is 421. The van der Waals surface area contributed by atoms with E-state index >= 15 is 0 Å². The van der Waals surface area contributed by atoms with Crippen LogP contribution in [0.15, 0.2) is 16.7 Å². The van der Waals surface area contributed by atoms with E-state index in [2.05, 4.69) is 10.2 Å². The monoisotopic (exact) mass is 248 g/mol. The molecule has 2 aliphatic rings. The summed E-state index contributed by atoms with van der Waals surface area (Å²) in [5.41, 5.74) is 0.826. The second-order valence-electron chi connectivity index (χ2n) is 5.24. The van der Waals surface area contributed by atoms with Gasteiger partial charge in [0.2, 0.25) is 0 Å². The highest BCUT2D eigenvalue weighted by Gasteiger charge is 2.29. The molecule has 1 atom stereocenters. The van der Waals surface area contributed by atoms with Crippen LogP contribution in [0.25, 0.3) is 0 Å². The number of piperazine rings is 1. The Morgan fingerprint density at radius 1 is 1.39 bits per heavy atom. The van der Waals surface area contributed by atoms with Crippen molar-refractivity contribution in [2.24, 2.45) is 5.92 Å². The maximum absolute atomic E-state index is 12.3. The van der Waals surface area contributed by atoms with Crippen molar-refractivity contribution in [3.8, 4) is 0 Å². The number of nitrogens with one attached hydrogen (secondary N) is 1. The van der Waals surface area contributed by atoms with Crippen LogP contribution in [0, 0.1) is 5.92 Å². The Morgan fingerprint density at radius 2 is 2.22 bits per heavy atom. The van der Waals surface area contributed by atoms with Gasteiger partial charge in [-0.3, -0.25) is 4.79 Å². The highest BCUT2D eigenvalue weighted by atomic mass is 16.3. The Labute approximate surface area is 107 Å². The molecule has 0 amide bonds. The van der Waals surface area contributed by atoms with Crippen LogP contribution in [-0.4, -0.2) is 43.4 Å². The molecule has 1 unspecified atom stereocenters. The van der Waals surface area contributed by atoms with Gasteiger partial charge < -0.3 is 14.6 Å². The van der Waals surface area contributed by atoms with Crippen LogP contribution in [0.5, 0.6) is 0 Å². The minimum absolute atomic E-state index is 0.199. The highest BCUT2D eigenvalue weighted by molar-refractivity contribution is 5.99. The fraction of sp³-hybridized carbons (Fsp3) is 0.643. The van der Waals surface area contributed by atoms with Crippen LogP contribution in [-0.2, 0) is 6.42 Å². The fourth-order valence-corrected chi connectivity index (χ4v) is 2.96. The molecule has 0 aromatic carbocycles. The molecule has 3 rings (SSSR count). The van der Waals surface area contributed by atoms with Gasteiger partial charge in [0.15, 0.2) is 5.78 Å². The molecule has 0 saturated carbocycles. The van der Waals surface area contributed by atoms with Crippen LogP contribution in [0.3, 0.4) is 0 Å². The molecule has 1 N–H and O–H groups in total. The van der Waals surface area contributed by atoms with E-state index in [0.717, 1.165) is 63.3 Å². The van der Waals surface area contributed by atoms with Crippen molar-refractivity contribution in [1.29, 1.82) is 0 Å². The van der Waals surface area contributed by atoms with Crippen LogP contribution in [0.4, 0.5) is 0 Å². The third-order valence-corrected chi connectivity index (χ3v) is 4.10. The molecule has 0 spiro atoms. The zero-order valence-corrected chi connectivity index (χ0v) is 10.7. The van der Waals surface area contributed by atoms with Crippen molar-refractivity contribution in [1.82, 2.24) is 10.2 Å². The molecule has 4 nitrogen and oxygen atoms in total. The smallest absolute Gasteiger partial charge is 0.169 e. The van der Waals surface area contributed by atoms with Gasteiger partial charge in [0.05, 0.1) is 11.8 Å². The predicted molar refractivity (Wildman–Crippen MR) is 68.8 cm³/mol. The summed E-state index contributed by atoms with van der Waals surface area (Å²) in [7, 11) is 0. The number of nitrogens with zero attached hydrogens (tertiary/aromatic N) is 1. The first-order valence-electron chi connectivity index (χ1n) is 6.88. The fourth-order valence-electron chi connectivity index (χ4n) is 2.96. The summed E-state index contributed by atoms with van der Waals surface area (Å²) in [4.78, 5) is 14.7. The van der Waals surface area contributed by atoms with Gasteiger partial charge in [-0.05, 0) is 25.5 Å². The topological polar surface area (TPSA) is 45.5 Å². The number of aryl methyl sites for hydroxylation is 1. The second-order valence-corrected chi connectivity index (χ2v) is 5.24. The number of rotatable bonds is 3. The maximum atomic E-state index is 12.3. The molecule has 98 valence electrons. The molecule has 2 heterocycles. The first kappa shape index (κ1) is 11.9. The minimum Gasteiger partial charge on any atom is -0.469 e. The number of carbonyl (C=O) groups excluding carboxylic acids is 1. The van der Waals surface area contributed by atoms with Gasteiger partial charge in [0, 0.05) is 38.5 Å². The summed E-state index contributed by atoms with van der Waals surface area (Å²) in [5.74, 6) is 1.38. The van der Waals surface area contributed by atoms with E-state index in [-0.39, 0.29) is 5.92 Å². The van der Waals surface area contributed by atoms with Crippen molar-refractivity contribution >= 4 is 5.78 Å². The molecule has 1 saturated heterocycles.